The van der Waals surface area contributed by atoms with E-state index in [9.17, 15) is 9.18 Å². The molecular weight excluding hydrogens is 335 g/mol. The third-order valence-electron chi connectivity index (χ3n) is 5.83. The van der Waals surface area contributed by atoms with Crippen molar-refractivity contribution in [2.24, 2.45) is 11.8 Å². The van der Waals surface area contributed by atoms with Gasteiger partial charge in [-0.2, -0.15) is 0 Å². The topological polar surface area (TPSA) is 73.4 Å². The Morgan fingerprint density at radius 2 is 1.77 bits per heavy atom. The van der Waals surface area contributed by atoms with Crippen molar-refractivity contribution in [2.75, 3.05) is 31.1 Å². The number of amides is 1. The van der Waals surface area contributed by atoms with Crippen molar-refractivity contribution in [2.45, 2.75) is 45.7 Å². The summed E-state index contributed by atoms with van der Waals surface area (Å²) in [6, 6.07) is 1.58. The maximum atomic E-state index is 13.9. The Balaban J connectivity index is 1.40. The summed E-state index contributed by atoms with van der Waals surface area (Å²) in [5.74, 6) is 1.35. The van der Waals surface area contributed by atoms with Gasteiger partial charge in [0, 0.05) is 37.6 Å². The Labute approximate surface area is 153 Å². The number of nitrogens with one attached hydrogen (secondary N) is 2. The molecule has 3 saturated heterocycles. The maximum absolute atomic E-state index is 13.9. The van der Waals surface area contributed by atoms with Gasteiger partial charge in [-0.15, -0.1) is 0 Å². The van der Waals surface area contributed by atoms with Crippen LogP contribution in [0.1, 0.15) is 24.7 Å². The van der Waals surface area contributed by atoms with Crippen molar-refractivity contribution < 1.29 is 9.18 Å². The van der Waals surface area contributed by atoms with Crippen LogP contribution in [0.3, 0.4) is 0 Å². The van der Waals surface area contributed by atoms with E-state index in [2.05, 4.69) is 30.4 Å². The number of hydrogen-bond acceptors (Lipinski definition) is 6. The van der Waals surface area contributed by atoms with E-state index in [0.717, 1.165) is 43.5 Å². The van der Waals surface area contributed by atoms with E-state index in [0.29, 0.717) is 18.3 Å². The Morgan fingerprint density at radius 3 is 2.35 bits per heavy atom. The van der Waals surface area contributed by atoms with Gasteiger partial charge in [0.15, 0.2) is 6.17 Å². The fraction of sp³-hybridized carbons (Fsp3) is 0.722. The summed E-state index contributed by atoms with van der Waals surface area (Å²) in [5, 5.41) is 6.04. The molecule has 0 aliphatic carbocycles. The van der Waals surface area contributed by atoms with Gasteiger partial charge < -0.3 is 10.2 Å². The average Bonchev–Trinajstić information content (AvgIpc) is 3.15. The number of aryl methyl sites for hydroxylation is 2. The number of fused-ring (bicyclic) bond motifs is 1. The monoisotopic (exact) mass is 362 g/mol. The molecule has 0 aromatic carbocycles. The second kappa shape index (κ2) is 6.74. The highest BCUT2D eigenvalue weighted by atomic mass is 19.1. The molecule has 3 aliphatic rings. The molecule has 1 amide bonds. The third kappa shape index (κ3) is 3.16. The van der Waals surface area contributed by atoms with E-state index in [-0.39, 0.29) is 6.29 Å². The Bertz CT molecular complexity index is 666. The minimum atomic E-state index is -1.46. The highest BCUT2D eigenvalue weighted by Crippen LogP contribution is 2.33. The Hall–Kier alpha value is -1.80. The molecular formula is C18H27FN6O. The molecule has 3 fully saturated rings. The normalized spacial score (nSPS) is 34.8. The zero-order valence-electron chi connectivity index (χ0n) is 15.6. The lowest BCUT2D eigenvalue weighted by Gasteiger charge is -2.38. The first-order valence-electron chi connectivity index (χ1n) is 9.46. The summed E-state index contributed by atoms with van der Waals surface area (Å²) < 4.78 is 13.9. The molecule has 142 valence electrons. The molecule has 5 atom stereocenters. The molecule has 7 nitrogen and oxygen atoms in total. The van der Waals surface area contributed by atoms with Gasteiger partial charge in [-0.1, -0.05) is 6.92 Å². The largest absolute Gasteiger partial charge is 0.340 e. The fourth-order valence-electron chi connectivity index (χ4n) is 4.50. The lowest BCUT2D eigenvalue weighted by molar-refractivity contribution is -0.133. The predicted molar refractivity (Wildman–Crippen MR) is 96.3 cm³/mol. The number of anilines is 1. The molecule has 0 saturated carbocycles. The summed E-state index contributed by atoms with van der Waals surface area (Å²) in [6.07, 6.45) is -1.13. The molecule has 0 radical (unpaired) electrons. The molecule has 4 rings (SSSR count). The summed E-state index contributed by atoms with van der Waals surface area (Å²) in [6.45, 7) is 9.52. The van der Waals surface area contributed by atoms with Gasteiger partial charge in [0.25, 0.3) is 5.91 Å². The number of rotatable bonds is 3. The van der Waals surface area contributed by atoms with Crippen molar-refractivity contribution in [3.63, 3.8) is 0 Å². The van der Waals surface area contributed by atoms with Crippen molar-refractivity contribution in [1.82, 2.24) is 25.5 Å². The van der Waals surface area contributed by atoms with E-state index < -0.39 is 18.1 Å². The van der Waals surface area contributed by atoms with Crippen LogP contribution in [0.4, 0.5) is 10.3 Å². The van der Waals surface area contributed by atoms with Gasteiger partial charge in [0.1, 0.15) is 6.29 Å². The molecule has 1 aromatic rings. The van der Waals surface area contributed by atoms with E-state index in [1.54, 1.807) is 0 Å². The van der Waals surface area contributed by atoms with E-state index in [1.807, 2.05) is 26.8 Å². The van der Waals surface area contributed by atoms with E-state index in [4.69, 9.17) is 0 Å². The van der Waals surface area contributed by atoms with Crippen LogP contribution in [0.25, 0.3) is 0 Å². The molecule has 0 bridgehead atoms. The average molecular weight is 362 g/mol. The highest BCUT2D eigenvalue weighted by Gasteiger charge is 2.45. The van der Waals surface area contributed by atoms with Crippen molar-refractivity contribution >= 4 is 11.9 Å². The van der Waals surface area contributed by atoms with Gasteiger partial charge >= 0.3 is 0 Å². The molecule has 3 aliphatic heterocycles. The fourth-order valence-corrected chi connectivity index (χ4v) is 4.50. The molecule has 0 spiro atoms. The van der Waals surface area contributed by atoms with Crippen molar-refractivity contribution in [1.29, 1.82) is 0 Å². The van der Waals surface area contributed by atoms with E-state index in [1.165, 1.54) is 0 Å². The van der Waals surface area contributed by atoms with Crippen molar-refractivity contribution in [3.8, 4) is 0 Å². The third-order valence-corrected chi connectivity index (χ3v) is 5.83. The lowest BCUT2D eigenvalue weighted by Crippen LogP contribution is -2.67. The number of carbonyl (C=O) groups is 1. The molecule has 5 unspecified atom stereocenters. The lowest BCUT2D eigenvalue weighted by atomic mass is 10.0. The van der Waals surface area contributed by atoms with Crippen LogP contribution in [0.15, 0.2) is 6.07 Å². The second-order valence-corrected chi connectivity index (χ2v) is 7.82. The van der Waals surface area contributed by atoms with Crippen molar-refractivity contribution in [3.05, 3.63) is 17.5 Å². The van der Waals surface area contributed by atoms with Crippen LogP contribution in [0.5, 0.6) is 0 Å². The number of halogens is 1. The molecule has 4 heterocycles. The first kappa shape index (κ1) is 17.6. The summed E-state index contributed by atoms with van der Waals surface area (Å²) in [4.78, 5) is 25.6. The van der Waals surface area contributed by atoms with Gasteiger partial charge in [-0.25, -0.2) is 14.4 Å². The number of nitrogens with zero attached hydrogens (tertiary/aromatic N) is 4. The Morgan fingerprint density at radius 1 is 1.15 bits per heavy atom. The van der Waals surface area contributed by atoms with Crippen LogP contribution in [-0.2, 0) is 4.79 Å². The maximum Gasteiger partial charge on any atom is 0.258 e. The Kier molecular flexibility index (Phi) is 4.56. The summed E-state index contributed by atoms with van der Waals surface area (Å²) >= 11 is 0. The zero-order valence-corrected chi connectivity index (χ0v) is 15.6. The minimum Gasteiger partial charge on any atom is -0.340 e. The summed E-state index contributed by atoms with van der Waals surface area (Å²) in [7, 11) is 0. The quantitative estimate of drug-likeness (QED) is 0.820. The highest BCUT2D eigenvalue weighted by molar-refractivity contribution is 5.82. The second-order valence-electron chi connectivity index (χ2n) is 7.82. The molecule has 2 N–H and O–H groups in total. The number of alkyl halides is 1. The smallest absolute Gasteiger partial charge is 0.258 e. The first-order valence-corrected chi connectivity index (χ1v) is 9.46. The zero-order chi connectivity index (χ0) is 18.4. The molecule has 8 heteroatoms. The number of carbonyl (C=O) groups excluding carboxylic acids is 1. The van der Waals surface area contributed by atoms with E-state index >= 15 is 0 Å². The number of aromatic nitrogens is 2. The van der Waals surface area contributed by atoms with Gasteiger partial charge in [-0.05, 0) is 38.2 Å². The first-order chi connectivity index (χ1) is 12.4. The summed E-state index contributed by atoms with van der Waals surface area (Å²) in [5.41, 5.74) is 1.98. The number of likely N-dealkylation sites (tertiary alicyclic amines) is 1. The van der Waals surface area contributed by atoms with Gasteiger partial charge in [0.05, 0.1) is 6.04 Å². The van der Waals surface area contributed by atoms with Gasteiger partial charge in [0.2, 0.25) is 5.95 Å². The standard InChI is InChI=1S/C18H27FN6O/c1-4-14-15(19)16(26)23-18(22-14)25-8-12-6-24(7-13(12)9-25)17-20-10(2)5-11(3)21-17/h5,12-15,18,22H,4,6-9H2,1-3H3,(H,23,26). The van der Waals surface area contributed by atoms with Crippen LogP contribution in [0.2, 0.25) is 0 Å². The van der Waals surface area contributed by atoms with Crippen LogP contribution in [-0.4, -0.2) is 65.5 Å². The minimum absolute atomic E-state index is 0.268. The molecule has 26 heavy (non-hydrogen) atoms. The molecule has 1 aromatic heterocycles. The number of hydrogen-bond donors (Lipinski definition) is 2. The van der Waals surface area contributed by atoms with Gasteiger partial charge in [-0.3, -0.25) is 15.0 Å². The van der Waals surface area contributed by atoms with Crippen LogP contribution < -0.4 is 15.5 Å². The SMILES string of the molecule is CCC1NC(N2CC3CN(c4nc(C)cc(C)n4)CC3C2)NC(=O)C1F. The van der Waals surface area contributed by atoms with Crippen LogP contribution >= 0.6 is 0 Å². The predicted octanol–water partition coefficient (Wildman–Crippen LogP) is 0.581. The van der Waals surface area contributed by atoms with Crippen LogP contribution in [0, 0.1) is 25.7 Å².